The van der Waals surface area contributed by atoms with Crippen LogP contribution in [0.15, 0.2) is 4.99 Å². The number of nitrogens with two attached hydrogens (primary N) is 1. The van der Waals surface area contributed by atoms with Crippen molar-refractivity contribution in [2.45, 2.75) is 44.7 Å². The smallest absolute Gasteiger partial charge is 0.217 e. The maximum Gasteiger partial charge on any atom is 0.217 e. The molecule has 2 aliphatic rings. The summed E-state index contributed by atoms with van der Waals surface area (Å²) in [5.41, 5.74) is 5.92. The molecule has 2 fully saturated rings. The van der Waals surface area contributed by atoms with Crippen molar-refractivity contribution in [1.82, 2.24) is 10.2 Å². The summed E-state index contributed by atoms with van der Waals surface area (Å²) >= 11 is 0. The lowest BCUT2D eigenvalue weighted by Crippen LogP contribution is -2.48. The Kier molecular flexibility index (Phi) is 3.31. The standard InChI is InChI=1S/C11H20N4O/c1-8(16)13-10-4-6-15(7-5-10)11(12)14-9-2-3-9/h9-10H,2-7H2,1H3,(H2,12,14)(H,13,16). The van der Waals surface area contributed by atoms with E-state index < -0.39 is 0 Å². The Morgan fingerprint density at radius 1 is 1.31 bits per heavy atom. The fourth-order valence-electron chi connectivity index (χ4n) is 2.01. The lowest BCUT2D eigenvalue weighted by atomic mass is 10.1. The molecular weight excluding hydrogens is 204 g/mol. The normalized spacial score (nSPS) is 23.3. The van der Waals surface area contributed by atoms with Crippen molar-refractivity contribution in [3.63, 3.8) is 0 Å². The Morgan fingerprint density at radius 2 is 1.94 bits per heavy atom. The first kappa shape index (κ1) is 11.2. The molecule has 1 aliphatic heterocycles. The van der Waals surface area contributed by atoms with E-state index in [2.05, 4.69) is 15.2 Å². The number of carbonyl (C=O) groups is 1. The van der Waals surface area contributed by atoms with Gasteiger partial charge in [-0.25, -0.2) is 4.99 Å². The van der Waals surface area contributed by atoms with Gasteiger partial charge in [-0.05, 0) is 25.7 Å². The van der Waals surface area contributed by atoms with Crippen LogP contribution in [0.25, 0.3) is 0 Å². The van der Waals surface area contributed by atoms with Crippen LogP contribution in [-0.2, 0) is 4.79 Å². The van der Waals surface area contributed by atoms with Crippen LogP contribution in [0.3, 0.4) is 0 Å². The Hall–Kier alpha value is -1.26. The molecule has 1 aliphatic carbocycles. The Labute approximate surface area is 96.1 Å². The van der Waals surface area contributed by atoms with Gasteiger partial charge in [-0.3, -0.25) is 4.79 Å². The zero-order valence-corrected chi connectivity index (χ0v) is 9.78. The molecule has 16 heavy (non-hydrogen) atoms. The molecule has 5 nitrogen and oxygen atoms in total. The van der Waals surface area contributed by atoms with Crippen LogP contribution in [0, 0.1) is 0 Å². The van der Waals surface area contributed by atoms with Crippen LogP contribution in [0.2, 0.25) is 0 Å². The first-order chi connectivity index (χ1) is 7.65. The molecule has 0 aromatic heterocycles. The minimum Gasteiger partial charge on any atom is -0.370 e. The molecule has 0 aromatic carbocycles. The van der Waals surface area contributed by atoms with Crippen molar-refractivity contribution in [3.8, 4) is 0 Å². The number of amides is 1. The molecule has 1 saturated carbocycles. The fraction of sp³-hybridized carbons (Fsp3) is 0.818. The first-order valence-electron chi connectivity index (χ1n) is 6.00. The van der Waals surface area contributed by atoms with Gasteiger partial charge < -0.3 is 16.0 Å². The Morgan fingerprint density at radius 3 is 2.44 bits per heavy atom. The van der Waals surface area contributed by atoms with Gasteiger partial charge in [0.15, 0.2) is 5.96 Å². The summed E-state index contributed by atoms with van der Waals surface area (Å²) in [6.07, 6.45) is 4.28. The number of nitrogens with zero attached hydrogens (tertiary/aromatic N) is 2. The number of hydrogen-bond donors (Lipinski definition) is 2. The fourth-order valence-corrected chi connectivity index (χ4v) is 2.01. The predicted octanol–water partition coefficient (Wildman–Crippen LogP) is 0.0640. The average Bonchev–Trinajstić information content (AvgIpc) is 3.01. The average molecular weight is 224 g/mol. The minimum atomic E-state index is 0.0538. The predicted molar refractivity (Wildman–Crippen MR) is 63.1 cm³/mol. The van der Waals surface area contributed by atoms with Gasteiger partial charge in [0, 0.05) is 26.1 Å². The molecule has 0 radical (unpaired) electrons. The maximum atomic E-state index is 10.9. The molecule has 1 heterocycles. The number of rotatable bonds is 2. The van der Waals surface area contributed by atoms with Gasteiger partial charge in [-0.15, -0.1) is 0 Å². The van der Waals surface area contributed by atoms with E-state index in [1.54, 1.807) is 6.92 Å². The summed E-state index contributed by atoms with van der Waals surface area (Å²) in [7, 11) is 0. The van der Waals surface area contributed by atoms with Crippen molar-refractivity contribution < 1.29 is 4.79 Å². The SMILES string of the molecule is CC(=O)NC1CCN(C(N)=NC2CC2)CC1. The van der Waals surface area contributed by atoms with Crippen LogP contribution in [0.1, 0.15) is 32.6 Å². The summed E-state index contributed by atoms with van der Waals surface area (Å²) < 4.78 is 0. The number of piperidine rings is 1. The Bertz CT molecular complexity index is 290. The summed E-state index contributed by atoms with van der Waals surface area (Å²) in [5.74, 6) is 0.738. The number of nitrogens with one attached hydrogen (secondary N) is 1. The molecule has 1 saturated heterocycles. The van der Waals surface area contributed by atoms with Gasteiger partial charge in [-0.1, -0.05) is 0 Å². The van der Waals surface area contributed by atoms with Crippen molar-refractivity contribution in [2.24, 2.45) is 10.7 Å². The highest BCUT2D eigenvalue weighted by Crippen LogP contribution is 2.23. The van der Waals surface area contributed by atoms with Gasteiger partial charge in [0.2, 0.25) is 5.91 Å². The zero-order chi connectivity index (χ0) is 11.5. The van der Waals surface area contributed by atoms with Crippen molar-refractivity contribution in [2.75, 3.05) is 13.1 Å². The minimum absolute atomic E-state index is 0.0538. The van der Waals surface area contributed by atoms with Crippen LogP contribution in [0.4, 0.5) is 0 Å². The summed E-state index contributed by atoms with van der Waals surface area (Å²) in [5, 5.41) is 2.95. The zero-order valence-electron chi connectivity index (χ0n) is 9.78. The van der Waals surface area contributed by atoms with Crippen molar-refractivity contribution in [1.29, 1.82) is 0 Å². The van der Waals surface area contributed by atoms with Crippen molar-refractivity contribution >= 4 is 11.9 Å². The second-order valence-electron chi connectivity index (χ2n) is 4.68. The third-order valence-electron chi connectivity index (χ3n) is 3.09. The number of aliphatic imine (C=N–C) groups is 1. The van der Waals surface area contributed by atoms with Crippen LogP contribution in [-0.4, -0.2) is 41.9 Å². The van der Waals surface area contributed by atoms with E-state index in [4.69, 9.17) is 5.73 Å². The molecule has 90 valence electrons. The lowest BCUT2D eigenvalue weighted by Gasteiger charge is -2.32. The van der Waals surface area contributed by atoms with Gasteiger partial charge in [0.05, 0.1) is 6.04 Å². The second kappa shape index (κ2) is 4.72. The molecule has 5 heteroatoms. The van der Waals surface area contributed by atoms with Crippen LogP contribution < -0.4 is 11.1 Å². The highest BCUT2D eigenvalue weighted by Gasteiger charge is 2.24. The van der Waals surface area contributed by atoms with E-state index in [9.17, 15) is 4.79 Å². The summed E-state index contributed by atoms with van der Waals surface area (Å²) in [6.45, 7) is 3.36. The molecule has 0 spiro atoms. The van der Waals surface area contributed by atoms with E-state index in [1.165, 1.54) is 12.8 Å². The number of likely N-dealkylation sites (tertiary alicyclic amines) is 1. The highest BCUT2D eigenvalue weighted by atomic mass is 16.1. The summed E-state index contributed by atoms with van der Waals surface area (Å²) in [4.78, 5) is 17.5. The number of hydrogen-bond acceptors (Lipinski definition) is 2. The van der Waals surface area contributed by atoms with E-state index in [0.717, 1.165) is 25.9 Å². The molecule has 0 unspecified atom stereocenters. The molecule has 3 N–H and O–H groups in total. The van der Waals surface area contributed by atoms with Gasteiger partial charge in [-0.2, -0.15) is 0 Å². The number of carbonyl (C=O) groups excluding carboxylic acids is 1. The Balaban J connectivity index is 1.77. The third-order valence-corrected chi connectivity index (χ3v) is 3.09. The van der Waals surface area contributed by atoms with Gasteiger partial charge in [0.25, 0.3) is 0 Å². The largest absolute Gasteiger partial charge is 0.370 e. The van der Waals surface area contributed by atoms with E-state index in [-0.39, 0.29) is 5.91 Å². The maximum absolute atomic E-state index is 10.9. The number of guanidine groups is 1. The van der Waals surface area contributed by atoms with Crippen LogP contribution in [0.5, 0.6) is 0 Å². The highest BCUT2D eigenvalue weighted by molar-refractivity contribution is 5.78. The third kappa shape index (κ3) is 3.12. The molecular formula is C11H20N4O. The molecule has 2 rings (SSSR count). The summed E-state index contributed by atoms with van der Waals surface area (Å²) in [6, 6.07) is 0.788. The molecule has 0 bridgehead atoms. The lowest BCUT2D eigenvalue weighted by molar-refractivity contribution is -0.119. The van der Waals surface area contributed by atoms with Gasteiger partial charge >= 0.3 is 0 Å². The molecule has 1 amide bonds. The topological polar surface area (TPSA) is 70.7 Å². The van der Waals surface area contributed by atoms with Gasteiger partial charge in [0.1, 0.15) is 0 Å². The van der Waals surface area contributed by atoms with Crippen LogP contribution >= 0.6 is 0 Å². The van der Waals surface area contributed by atoms with E-state index in [1.807, 2.05) is 0 Å². The monoisotopic (exact) mass is 224 g/mol. The quantitative estimate of drug-likeness (QED) is 0.515. The van der Waals surface area contributed by atoms with E-state index in [0.29, 0.717) is 18.0 Å². The molecule has 0 aromatic rings. The van der Waals surface area contributed by atoms with E-state index >= 15 is 0 Å². The second-order valence-corrected chi connectivity index (χ2v) is 4.68. The van der Waals surface area contributed by atoms with Crippen molar-refractivity contribution in [3.05, 3.63) is 0 Å². The first-order valence-corrected chi connectivity index (χ1v) is 6.00. The molecule has 0 atom stereocenters.